The van der Waals surface area contributed by atoms with Crippen molar-refractivity contribution in [2.24, 2.45) is 0 Å². The van der Waals surface area contributed by atoms with Crippen LogP contribution in [0.25, 0.3) is 10.1 Å². The van der Waals surface area contributed by atoms with Gasteiger partial charge in [-0.15, -0.1) is 11.3 Å². The summed E-state index contributed by atoms with van der Waals surface area (Å²) < 4.78 is 2.01. The number of nitrogen functional groups attached to an aromatic ring is 1. The molecule has 0 spiro atoms. The third kappa shape index (κ3) is 3.98. The first-order chi connectivity index (χ1) is 10.0. The zero-order valence-electron chi connectivity index (χ0n) is 12.4. The average Bonchev–Trinajstić information content (AvgIpc) is 2.76. The summed E-state index contributed by atoms with van der Waals surface area (Å²) in [6.07, 6.45) is 4.56. The van der Waals surface area contributed by atoms with Crippen LogP contribution in [0.3, 0.4) is 0 Å². The predicted molar refractivity (Wildman–Crippen MR) is 95.0 cm³/mol. The van der Waals surface area contributed by atoms with E-state index < -0.39 is 0 Å². The van der Waals surface area contributed by atoms with Gasteiger partial charge in [-0.1, -0.05) is 42.1 Å². The first kappa shape index (κ1) is 16.3. The largest absolute Gasteiger partial charge is 0.397 e. The molecule has 0 aliphatic rings. The fraction of sp³-hybridized carbons (Fsp3) is 0.438. The highest BCUT2D eigenvalue weighted by Crippen LogP contribution is 2.35. The van der Waals surface area contributed by atoms with Crippen LogP contribution in [0.15, 0.2) is 22.7 Å². The van der Waals surface area contributed by atoms with Gasteiger partial charge in [-0.05, 0) is 31.5 Å². The highest BCUT2D eigenvalue weighted by Gasteiger charge is 2.17. The maximum absolute atomic E-state index is 12.4. The lowest BCUT2D eigenvalue weighted by molar-refractivity contribution is 0.0943. The van der Waals surface area contributed by atoms with E-state index in [-0.39, 0.29) is 11.9 Å². The van der Waals surface area contributed by atoms with Gasteiger partial charge in [0.15, 0.2) is 0 Å². The van der Waals surface area contributed by atoms with Gasteiger partial charge in [-0.3, -0.25) is 4.79 Å². The summed E-state index contributed by atoms with van der Waals surface area (Å²) in [6, 6.07) is 6.10. The molecule has 1 heterocycles. The van der Waals surface area contributed by atoms with Crippen molar-refractivity contribution in [2.75, 3.05) is 5.73 Å². The molecule has 2 rings (SSSR count). The fourth-order valence-electron chi connectivity index (χ4n) is 2.32. The van der Waals surface area contributed by atoms with Crippen LogP contribution in [0.5, 0.6) is 0 Å². The number of benzene rings is 1. The molecule has 1 atom stereocenters. The van der Waals surface area contributed by atoms with E-state index >= 15 is 0 Å². The second-order valence-corrected chi connectivity index (χ2v) is 7.32. The maximum Gasteiger partial charge on any atom is 0.263 e. The molecule has 1 unspecified atom stereocenters. The number of unbranched alkanes of at least 4 members (excludes halogenated alkanes) is 2. The van der Waals surface area contributed by atoms with E-state index in [0.717, 1.165) is 27.4 Å². The summed E-state index contributed by atoms with van der Waals surface area (Å²) in [5.74, 6) is -0.0613. The smallest absolute Gasteiger partial charge is 0.263 e. The minimum atomic E-state index is -0.0613. The van der Waals surface area contributed by atoms with Crippen molar-refractivity contribution in [3.05, 3.63) is 27.5 Å². The van der Waals surface area contributed by atoms with E-state index in [4.69, 9.17) is 5.73 Å². The molecular formula is C16H21BrN2OS. The molecular weight excluding hydrogens is 348 g/mol. The van der Waals surface area contributed by atoms with E-state index in [1.807, 2.05) is 25.1 Å². The molecule has 0 bridgehead atoms. The number of nitrogens with two attached hydrogens (primary N) is 1. The molecule has 1 aromatic carbocycles. The van der Waals surface area contributed by atoms with Crippen LogP contribution in [0.1, 0.15) is 49.2 Å². The number of carbonyl (C=O) groups excluding carboxylic acids is 1. The van der Waals surface area contributed by atoms with E-state index in [1.54, 1.807) is 0 Å². The minimum absolute atomic E-state index is 0.0613. The number of carbonyl (C=O) groups is 1. The van der Waals surface area contributed by atoms with Crippen LogP contribution in [-0.4, -0.2) is 11.9 Å². The Morgan fingerprint density at radius 1 is 1.43 bits per heavy atom. The summed E-state index contributed by atoms with van der Waals surface area (Å²) >= 11 is 4.89. The number of thiophene rings is 1. The van der Waals surface area contributed by atoms with E-state index in [0.29, 0.717) is 10.6 Å². The van der Waals surface area contributed by atoms with Crippen LogP contribution in [0.4, 0.5) is 5.69 Å². The Bertz CT molecular complexity index is 638. The van der Waals surface area contributed by atoms with Crippen LogP contribution < -0.4 is 11.1 Å². The van der Waals surface area contributed by atoms with E-state index in [1.165, 1.54) is 24.2 Å². The van der Waals surface area contributed by atoms with Gasteiger partial charge < -0.3 is 11.1 Å². The fourth-order valence-corrected chi connectivity index (χ4v) is 3.69. The second-order valence-electron chi connectivity index (χ2n) is 5.36. The number of hydrogen-bond donors (Lipinski definition) is 2. The summed E-state index contributed by atoms with van der Waals surface area (Å²) in [5, 5.41) is 3.99. The van der Waals surface area contributed by atoms with Crippen molar-refractivity contribution in [3.8, 4) is 0 Å². The second kappa shape index (κ2) is 7.27. The lowest BCUT2D eigenvalue weighted by Crippen LogP contribution is -2.32. The summed E-state index contributed by atoms with van der Waals surface area (Å²) in [4.78, 5) is 13.0. The zero-order chi connectivity index (χ0) is 15.4. The third-order valence-electron chi connectivity index (χ3n) is 3.51. The Morgan fingerprint density at radius 2 is 2.19 bits per heavy atom. The molecule has 1 amide bonds. The Balaban J connectivity index is 2.10. The number of hydrogen-bond acceptors (Lipinski definition) is 3. The molecule has 2 aromatic rings. The van der Waals surface area contributed by atoms with E-state index in [9.17, 15) is 4.79 Å². The van der Waals surface area contributed by atoms with Crippen LogP contribution >= 0.6 is 27.3 Å². The van der Waals surface area contributed by atoms with Gasteiger partial charge in [0.25, 0.3) is 5.91 Å². The lowest BCUT2D eigenvalue weighted by atomic mass is 10.1. The molecule has 21 heavy (non-hydrogen) atoms. The van der Waals surface area contributed by atoms with Crippen molar-refractivity contribution in [2.45, 2.75) is 45.6 Å². The van der Waals surface area contributed by atoms with Gasteiger partial charge in [0.2, 0.25) is 0 Å². The van der Waals surface area contributed by atoms with Gasteiger partial charge >= 0.3 is 0 Å². The lowest BCUT2D eigenvalue weighted by Gasteiger charge is -2.13. The van der Waals surface area contributed by atoms with Crippen molar-refractivity contribution in [3.63, 3.8) is 0 Å². The van der Waals surface area contributed by atoms with Gasteiger partial charge in [0.1, 0.15) is 4.88 Å². The first-order valence-corrected chi connectivity index (χ1v) is 8.92. The van der Waals surface area contributed by atoms with Gasteiger partial charge in [-0.2, -0.15) is 0 Å². The molecule has 1 aromatic heterocycles. The van der Waals surface area contributed by atoms with Gasteiger partial charge in [0.05, 0.1) is 5.69 Å². The minimum Gasteiger partial charge on any atom is -0.397 e. The summed E-state index contributed by atoms with van der Waals surface area (Å²) in [5.41, 5.74) is 6.71. The molecule has 0 aliphatic carbocycles. The van der Waals surface area contributed by atoms with Crippen molar-refractivity contribution >= 4 is 48.9 Å². The summed E-state index contributed by atoms with van der Waals surface area (Å²) in [7, 11) is 0. The standard InChI is InChI=1S/C16H21BrN2OS/c1-3-4-5-6-10(2)19-16(20)15-14(18)12-9-11(17)7-8-13(12)21-15/h7-10H,3-6,18H2,1-2H3,(H,19,20). The molecule has 0 saturated carbocycles. The zero-order valence-corrected chi connectivity index (χ0v) is 14.8. The monoisotopic (exact) mass is 368 g/mol. The quantitative estimate of drug-likeness (QED) is 0.709. The average molecular weight is 369 g/mol. The number of halogens is 1. The van der Waals surface area contributed by atoms with Crippen molar-refractivity contribution in [1.82, 2.24) is 5.32 Å². The Hall–Kier alpha value is -1.07. The first-order valence-electron chi connectivity index (χ1n) is 7.31. The Morgan fingerprint density at radius 3 is 2.90 bits per heavy atom. The van der Waals surface area contributed by atoms with Crippen LogP contribution in [0.2, 0.25) is 0 Å². The maximum atomic E-state index is 12.4. The Kier molecular flexibility index (Phi) is 5.65. The number of rotatable bonds is 6. The van der Waals surface area contributed by atoms with Gasteiger partial charge in [-0.25, -0.2) is 0 Å². The normalized spacial score (nSPS) is 12.5. The summed E-state index contributed by atoms with van der Waals surface area (Å²) in [6.45, 7) is 4.23. The highest BCUT2D eigenvalue weighted by atomic mass is 79.9. The molecule has 0 fully saturated rings. The number of fused-ring (bicyclic) bond motifs is 1. The van der Waals surface area contributed by atoms with Crippen molar-refractivity contribution in [1.29, 1.82) is 0 Å². The molecule has 0 aliphatic heterocycles. The number of nitrogens with one attached hydrogen (secondary N) is 1. The molecule has 0 radical (unpaired) electrons. The predicted octanol–water partition coefficient (Wildman–Crippen LogP) is 4.94. The molecule has 5 heteroatoms. The van der Waals surface area contributed by atoms with Gasteiger partial charge in [0, 0.05) is 20.6 Å². The number of anilines is 1. The van der Waals surface area contributed by atoms with Crippen molar-refractivity contribution < 1.29 is 4.79 Å². The molecule has 3 nitrogen and oxygen atoms in total. The van der Waals surface area contributed by atoms with Crippen LogP contribution in [-0.2, 0) is 0 Å². The highest BCUT2D eigenvalue weighted by molar-refractivity contribution is 9.10. The molecule has 0 saturated heterocycles. The SMILES string of the molecule is CCCCCC(C)NC(=O)c1sc2ccc(Br)cc2c1N. The topological polar surface area (TPSA) is 55.1 Å². The third-order valence-corrected chi connectivity index (χ3v) is 5.19. The Labute approximate surface area is 138 Å². The van der Waals surface area contributed by atoms with E-state index in [2.05, 4.69) is 28.2 Å². The number of amides is 1. The van der Waals surface area contributed by atoms with Crippen LogP contribution in [0, 0.1) is 0 Å². The molecule has 114 valence electrons. The molecule has 3 N–H and O–H groups in total.